The molecule has 0 radical (unpaired) electrons. The Kier molecular flexibility index (Phi) is 6.45. The fourth-order valence-electron chi connectivity index (χ4n) is 3.99. The van der Waals surface area contributed by atoms with E-state index in [-0.39, 0.29) is 18.4 Å². The molecule has 1 aromatic rings. The van der Waals surface area contributed by atoms with Gasteiger partial charge in [0.05, 0.1) is 6.20 Å². The molecule has 0 aromatic carbocycles. The zero-order chi connectivity index (χ0) is 17.6. The average Bonchev–Trinajstić information content (AvgIpc) is 3.22. The molecular formula is C18H31N5O2. The molecule has 2 saturated heterocycles. The fraction of sp³-hybridized carbons (Fsp3) is 0.778. The summed E-state index contributed by atoms with van der Waals surface area (Å²) < 4.78 is 0. The van der Waals surface area contributed by atoms with Crippen molar-refractivity contribution < 1.29 is 9.90 Å². The van der Waals surface area contributed by atoms with Gasteiger partial charge in [0, 0.05) is 57.9 Å². The molecule has 0 aliphatic carbocycles. The van der Waals surface area contributed by atoms with Crippen LogP contribution in [-0.4, -0.2) is 95.4 Å². The van der Waals surface area contributed by atoms with Crippen LogP contribution in [-0.2, 0) is 11.2 Å². The van der Waals surface area contributed by atoms with Crippen LogP contribution >= 0.6 is 0 Å². The molecule has 7 nitrogen and oxygen atoms in total. The normalized spacial score (nSPS) is 26.1. The molecule has 140 valence electrons. The van der Waals surface area contributed by atoms with Crippen molar-refractivity contribution in [1.82, 2.24) is 24.9 Å². The Hall–Kier alpha value is -1.44. The lowest BCUT2D eigenvalue weighted by Crippen LogP contribution is -2.36. The first-order valence-electron chi connectivity index (χ1n) is 9.43. The van der Waals surface area contributed by atoms with Gasteiger partial charge in [0.25, 0.3) is 0 Å². The molecule has 2 atom stereocenters. The summed E-state index contributed by atoms with van der Waals surface area (Å²) in [4.78, 5) is 19.4. The number of nitrogens with one attached hydrogen (secondary N) is 1. The Morgan fingerprint density at radius 3 is 2.88 bits per heavy atom. The van der Waals surface area contributed by atoms with E-state index in [2.05, 4.69) is 27.0 Å². The number of likely N-dealkylation sites (N-methyl/N-ethyl adjacent to an activating group) is 1. The molecule has 0 bridgehead atoms. The van der Waals surface area contributed by atoms with E-state index in [1.54, 1.807) is 6.20 Å². The van der Waals surface area contributed by atoms with Gasteiger partial charge in [-0.1, -0.05) is 0 Å². The second-order valence-electron chi connectivity index (χ2n) is 7.57. The Bertz CT molecular complexity index is 536. The summed E-state index contributed by atoms with van der Waals surface area (Å²) in [5, 5.41) is 16.5. The van der Waals surface area contributed by atoms with E-state index in [0.717, 1.165) is 51.3 Å². The third-order valence-corrected chi connectivity index (χ3v) is 5.65. The Morgan fingerprint density at radius 2 is 2.12 bits per heavy atom. The highest BCUT2D eigenvalue weighted by molar-refractivity contribution is 5.76. The first kappa shape index (κ1) is 18.4. The van der Waals surface area contributed by atoms with Gasteiger partial charge in [0.2, 0.25) is 5.91 Å². The van der Waals surface area contributed by atoms with Crippen LogP contribution in [0.3, 0.4) is 0 Å². The molecular weight excluding hydrogens is 318 g/mol. The Balaban J connectivity index is 1.50. The van der Waals surface area contributed by atoms with Gasteiger partial charge in [-0.25, -0.2) is 0 Å². The minimum Gasteiger partial charge on any atom is -0.396 e. The lowest BCUT2D eigenvalue weighted by molar-refractivity contribution is -0.130. The van der Waals surface area contributed by atoms with Crippen LogP contribution in [0.25, 0.3) is 0 Å². The van der Waals surface area contributed by atoms with E-state index in [1.165, 1.54) is 6.42 Å². The maximum absolute atomic E-state index is 12.5. The summed E-state index contributed by atoms with van der Waals surface area (Å²) in [6.07, 6.45) is 6.04. The van der Waals surface area contributed by atoms with Crippen molar-refractivity contribution in [3.63, 3.8) is 0 Å². The lowest BCUT2D eigenvalue weighted by Gasteiger charge is -2.26. The third kappa shape index (κ3) is 5.03. The highest BCUT2D eigenvalue weighted by Gasteiger charge is 2.35. The number of hydrogen-bond donors (Lipinski definition) is 2. The minimum atomic E-state index is 0.171. The molecule has 0 saturated carbocycles. The predicted molar refractivity (Wildman–Crippen MR) is 96.1 cm³/mol. The number of amides is 1. The van der Waals surface area contributed by atoms with Crippen LogP contribution in [0.1, 0.15) is 18.4 Å². The first-order chi connectivity index (χ1) is 12.2. The number of aliphatic hydroxyl groups is 1. The maximum atomic E-state index is 12.5. The van der Waals surface area contributed by atoms with E-state index in [1.807, 2.05) is 11.1 Å². The van der Waals surface area contributed by atoms with E-state index in [4.69, 9.17) is 0 Å². The quantitative estimate of drug-likeness (QED) is 0.759. The van der Waals surface area contributed by atoms with Crippen molar-refractivity contribution in [2.75, 3.05) is 59.5 Å². The number of H-pyrrole nitrogens is 1. The molecule has 2 aliphatic heterocycles. The van der Waals surface area contributed by atoms with Crippen LogP contribution in [0.15, 0.2) is 12.4 Å². The number of aromatic nitrogens is 2. The largest absolute Gasteiger partial charge is 0.396 e. The van der Waals surface area contributed by atoms with Gasteiger partial charge in [-0.15, -0.1) is 0 Å². The number of nitrogens with zero attached hydrogens (tertiary/aromatic N) is 4. The van der Waals surface area contributed by atoms with Gasteiger partial charge < -0.3 is 19.8 Å². The van der Waals surface area contributed by atoms with Crippen LogP contribution < -0.4 is 0 Å². The zero-order valence-electron chi connectivity index (χ0n) is 15.2. The number of aryl methyl sites for hydroxylation is 1. The van der Waals surface area contributed by atoms with Crippen molar-refractivity contribution in [3.05, 3.63) is 18.0 Å². The van der Waals surface area contributed by atoms with Gasteiger partial charge in [-0.2, -0.15) is 5.10 Å². The molecule has 3 heterocycles. The molecule has 1 aromatic heterocycles. The highest BCUT2D eigenvalue weighted by atomic mass is 16.3. The molecule has 0 spiro atoms. The van der Waals surface area contributed by atoms with Crippen LogP contribution in [0.4, 0.5) is 0 Å². The highest BCUT2D eigenvalue weighted by Crippen LogP contribution is 2.25. The van der Waals surface area contributed by atoms with Gasteiger partial charge in [0.15, 0.2) is 0 Å². The number of aliphatic hydroxyl groups excluding tert-OH is 1. The number of hydrogen-bond acceptors (Lipinski definition) is 5. The monoisotopic (exact) mass is 349 g/mol. The fourth-order valence-corrected chi connectivity index (χ4v) is 3.99. The van der Waals surface area contributed by atoms with Crippen LogP contribution in [0, 0.1) is 11.8 Å². The Labute approximate surface area is 150 Å². The molecule has 25 heavy (non-hydrogen) atoms. The van der Waals surface area contributed by atoms with Crippen LogP contribution in [0.2, 0.25) is 0 Å². The maximum Gasteiger partial charge on any atom is 0.222 e. The number of carbonyl (C=O) groups excluding carboxylic acids is 1. The first-order valence-corrected chi connectivity index (χ1v) is 9.43. The summed E-state index contributed by atoms with van der Waals surface area (Å²) in [5.41, 5.74) is 1.07. The van der Waals surface area contributed by atoms with E-state index >= 15 is 0 Å². The molecule has 0 unspecified atom stereocenters. The topological polar surface area (TPSA) is 75.7 Å². The summed E-state index contributed by atoms with van der Waals surface area (Å²) in [6.45, 7) is 7.09. The summed E-state index contributed by atoms with van der Waals surface area (Å²) in [6, 6.07) is 0. The number of aromatic amines is 1. The van der Waals surface area contributed by atoms with Crippen molar-refractivity contribution in [2.45, 2.75) is 19.3 Å². The summed E-state index contributed by atoms with van der Waals surface area (Å²) >= 11 is 0. The molecule has 2 N–H and O–H groups in total. The molecule has 2 aliphatic rings. The van der Waals surface area contributed by atoms with Crippen molar-refractivity contribution in [1.29, 1.82) is 0 Å². The summed E-state index contributed by atoms with van der Waals surface area (Å²) in [7, 11) is 2.18. The predicted octanol–water partition coefficient (Wildman–Crippen LogP) is 0.0467. The van der Waals surface area contributed by atoms with Crippen molar-refractivity contribution in [2.24, 2.45) is 11.8 Å². The third-order valence-electron chi connectivity index (χ3n) is 5.65. The molecule has 3 rings (SSSR count). The second-order valence-corrected chi connectivity index (χ2v) is 7.57. The second kappa shape index (κ2) is 8.78. The van der Waals surface area contributed by atoms with E-state index in [9.17, 15) is 9.90 Å². The average molecular weight is 349 g/mol. The smallest absolute Gasteiger partial charge is 0.222 e. The van der Waals surface area contributed by atoms with Gasteiger partial charge in [-0.05, 0) is 44.5 Å². The van der Waals surface area contributed by atoms with E-state index in [0.29, 0.717) is 18.9 Å². The van der Waals surface area contributed by atoms with Gasteiger partial charge >= 0.3 is 0 Å². The Morgan fingerprint density at radius 1 is 1.28 bits per heavy atom. The van der Waals surface area contributed by atoms with E-state index < -0.39 is 0 Å². The lowest BCUT2D eigenvalue weighted by atomic mass is 9.96. The molecule has 1 amide bonds. The van der Waals surface area contributed by atoms with Gasteiger partial charge in [-0.3, -0.25) is 9.89 Å². The molecule has 7 heteroatoms. The molecule has 2 fully saturated rings. The standard InChI is InChI=1S/C18H31N5O2/c1-21-5-2-6-22(8-7-21)11-16-12-23(13-17(16)14-24)18(25)4-3-15-9-19-20-10-15/h9-10,16-17,24H,2-8,11-14H2,1H3,(H,19,20)/t16-,17-/m1/s1. The van der Waals surface area contributed by atoms with Crippen molar-refractivity contribution in [3.8, 4) is 0 Å². The van der Waals surface area contributed by atoms with Gasteiger partial charge in [0.1, 0.15) is 0 Å². The number of likely N-dealkylation sites (tertiary alicyclic amines) is 1. The SMILES string of the molecule is CN1CCCN(C[C@@H]2CN(C(=O)CCc3cn[nH]c3)C[C@@H]2CO)CC1. The number of carbonyl (C=O) groups is 1. The summed E-state index contributed by atoms with van der Waals surface area (Å²) in [5.74, 6) is 0.780. The van der Waals surface area contributed by atoms with Crippen LogP contribution in [0.5, 0.6) is 0 Å². The minimum absolute atomic E-state index is 0.171. The van der Waals surface area contributed by atoms with Crippen molar-refractivity contribution >= 4 is 5.91 Å². The number of rotatable bonds is 6. The zero-order valence-corrected chi connectivity index (χ0v) is 15.2.